The summed E-state index contributed by atoms with van der Waals surface area (Å²) in [6, 6.07) is 5.20. The molecule has 1 saturated heterocycles. The summed E-state index contributed by atoms with van der Waals surface area (Å²) in [5, 5.41) is 2.49. The van der Waals surface area contributed by atoms with Crippen molar-refractivity contribution in [3.8, 4) is 0 Å². The number of hydrogen-bond acceptors (Lipinski definition) is 3. The zero-order valence-electron chi connectivity index (χ0n) is 10.7. The molecule has 0 spiro atoms. The first-order valence-corrected chi connectivity index (χ1v) is 5.89. The fourth-order valence-electron chi connectivity index (χ4n) is 2.16. The molecule has 1 fully saturated rings. The van der Waals surface area contributed by atoms with Crippen molar-refractivity contribution < 1.29 is 18.7 Å². The minimum Gasteiger partial charge on any atom is -0.357 e. The van der Waals surface area contributed by atoms with E-state index in [2.05, 4.69) is 5.32 Å². The molecule has 0 aliphatic carbocycles. The van der Waals surface area contributed by atoms with Crippen LogP contribution < -0.4 is 5.32 Å². The van der Waals surface area contributed by atoms with Gasteiger partial charge in [-0.15, -0.1) is 0 Å². The lowest BCUT2D eigenvalue weighted by molar-refractivity contribution is -0.161. The molecule has 19 heavy (non-hydrogen) atoms. The number of carbonyl (C=O) groups is 2. The molecule has 1 aromatic rings. The van der Waals surface area contributed by atoms with E-state index in [9.17, 15) is 14.0 Å². The minimum atomic E-state index is -0.838. The van der Waals surface area contributed by atoms with Gasteiger partial charge in [0, 0.05) is 14.1 Å². The zero-order valence-corrected chi connectivity index (χ0v) is 10.7. The molecule has 5 nitrogen and oxygen atoms in total. The number of halogens is 1. The van der Waals surface area contributed by atoms with Crippen LogP contribution in [0.1, 0.15) is 11.6 Å². The maximum absolute atomic E-state index is 13.3. The number of rotatable bonds is 2. The van der Waals surface area contributed by atoms with Gasteiger partial charge in [-0.25, -0.2) is 4.39 Å². The third-order valence-electron chi connectivity index (χ3n) is 3.18. The average Bonchev–Trinajstić information content (AvgIpc) is 2.40. The summed E-state index contributed by atoms with van der Waals surface area (Å²) in [7, 11) is 3.07. The summed E-state index contributed by atoms with van der Waals surface area (Å²) >= 11 is 0. The number of amides is 2. The Morgan fingerprint density at radius 2 is 2.26 bits per heavy atom. The van der Waals surface area contributed by atoms with E-state index >= 15 is 0 Å². The molecule has 1 heterocycles. The van der Waals surface area contributed by atoms with E-state index in [0.29, 0.717) is 5.56 Å². The average molecular weight is 266 g/mol. The van der Waals surface area contributed by atoms with Crippen LogP contribution in [0.25, 0.3) is 0 Å². The molecule has 1 aliphatic heterocycles. The number of benzene rings is 1. The summed E-state index contributed by atoms with van der Waals surface area (Å²) in [5.74, 6) is -0.998. The molecule has 0 bridgehead atoms. The van der Waals surface area contributed by atoms with Crippen molar-refractivity contribution in [3.05, 3.63) is 35.6 Å². The van der Waals surface area contributed by atoms with Gasteiger partial charge >= 0.3 is 0 Å². The maximum Gasteiger partial charge on any atom is 0.251 e. The first kappa shape index (κ1) is 13.5. The summed E-state index contributed by atoms with van der Waals surface area (Å²) < 4.78 is 18.6. The van der Waals surface area contributed by atoms with Crippen LogP contribution in [-0.2, 0) is 14.3 Å². The van der Waals surface area contributed by atoms with Crippen molar-refractivity contribution in [2.24, 2.45) is 0 Å². The van der Waals surface area contributed by atoms with Gasteiger partial charge in [0.05, 0.1) is 6.04 Å². The number of likely N-dealkylation sites (N-methyl/N-ethyl adjacent to an activating group) is 2. The molecule has 1 N–H and O–H groups in total. The number of hydrogen-bond donors (Lipinski definition) is 1. The molecule has 2 unspecified atom stereocenters. The monoisotopic (exact) mass is 266 g/mol. The summed E-state index contributed by atoms with van der Waals surface area (Å²) in [6.07, 6.45) is -0.838. The molecular formula is C13H15FN2O3. The number of nitrogens with one attached hydrogen (secondary N) is 1. The van der Waals surface area contributed by atoms with E-state index in [-0.39, 0.29) is 18.4 Å². The van der Waals surface area contributed by atoms with Crippen LogP contribution >= 0.6 is 0 Å². The normalized spacial score (nSPS) is 23.3. The van der Waals surface area contributed by atoms with Crippen LogP contribution in [-0.4, -0.2) is 43.5 Å². The van der Waals surface area contributed by atoms with Crippen LogP contribution in [0.4, 0.5) is 4.39 Å². The van der Waals surface area contributed by atoms with Crippen LogP contribution in [0.15, 0.2) is 24.3 Å². The highest BCUT2D eigenvalue weighted by Crippen LogP contribution is 2.29. The van der Waals surface area contributed by atoms with Gasteiger partial charge in [0.25, 0.3) is 5.91 Å². The van der Waals surface area contributed by atoms with E-state index in [1.165, 1.54) is 24.1 Å². The van der Waals surface area contributed by atoms with Gasteiger partial charge in [0.15, 0.2) is 6.10 Å². The third-order valence-corrected chi connectivity index (χ3v) is 3.18. The molecule has 1 aliphatic rings. The topological polar surface area (TPSA) is 58.6 Å². The van der Waals surface area contributed by atoms with Gasteiger partial charge in [-0.2, -0.15) is 0 Å². The van der Waals surface area contributed by atoms with Gasteiger partial charge in [-0.05, 0) is 17.7 Å². The number of morpholine rings is 1. The molecule has 2 atom stereocenters. The van der Waals surface area contributed by atoms with Crippen LogP contribution in [0.2, 0.25) is 0 Å². The Kier molecular flexibility index (Phi) is 3.80. The summed E-state index contributed by atoms with van der Waals surface area (Å²) in [4.78, 5) is 24.9. The Bertz CT molecular complexity index is 506. The van der Waals surface area contributed by atoms with Gasteiger partial charge < -0.3 is 15.0 Å². The first-order chi connectivity index (χ1) is 9.04. The standard InChI is InChI=1S/C13H15FN2O3/c1-15-13(18)12-11(16(2)10(17)7-19-12)8-4-3-5-9(14)6-8/h3-6,11-12H,7H2,1-2H3,(H,15,18). The second kappa shape index (κ2) is 5.36. The molecule has 0 radical (unpaired) electrons. The zero-order chi connectivity index (χ0) is 14.0. The predicted molar refractivity (Wildman–Crippen MR) is 65.7 cm³/mol. The number of ether oxygens (including phenoxy) is 1. The van der Waals surface area contributed by atoms with Crippen LogP contribution in [0.3, 0.4) is 0 Å². The second-order valence-corrected chi connectivity index (χ2v) is 4.35. The van der Waals surface area contributed by atoms with E-state index in [1.807, 2.05) is 0 Å². The van der Waals surface area contributed by atoms with Gasteiger partial charge in [-0.3, -0.25) is 9.59 Å². The maximum atomic E-state index is 13.3. The van der Waals surface area contributed by atoms with Crippen molar-refractivity contribution in [1.82, 2.24) is 10.2 Å². The smallest absolute Gasteiger partial charge is 0.251 e. The fraction of sp³-hybridized carbons (Fsp3) is 0.385. The lowest BCUT2D eigenvalue weighted by Gasteiger charge is -2.38. The minimum absolute atomic E-state index is 0.152. The van der Waals surface area contributed by atoms with Crippen molar-refractivity contribution in [2.45, 2.75) is 12.1 Å². The molecule has 2 amide bonds. The highest BCUT2D eigenvalue weighted by molar-refractivity contribution is 5.86. The van der Waals surface area contributed by atoms with Crippen molar-refractivity contribution >= 4 is 11.8 Å². The molecular weight excluding hydrogens is 251 g/mol. The van der Waals surface area contributed by atoms with E-state index in [1.54, 1.807) is 19.2 Å². The molecule has 102 valence electrons. The SMILES string of the molecule is CNC(=O)C1OCC(=O)N(C)C1c1cccc(F)c1. The Morgan fingerprint density at radius 1 is 1.53 bits per heavy atom. The number of nitrogens with zero attached hydrogens (tertiary/aromatic N) is 1. The molecule has 2 rings (SSSR count). The lowest BCUT2D eigenvalue weighted by atomic mass is 9.97. The third kappa shape index (κ3) is 2.58. The van der Waals surface area contributed by atoms with Crippen molar-refractivity contribution in [2.75, 3.05) is 20.7 Å². The van der Waals surface area contributed by atoms with E-state index in [0.717, 1.165) is 0 Å². The van der Waals surface area contributed by atoms with E-state index in [4.69, 9.17) is 4.74 Å². The van der Waals surface area contributed by atoms with Crippen LogP contribution in [0, 0.1) is 5.82 Å². The second-order valence-electron chi connectivity index (χ2n) is 4.35. The lowest BCUT2D eigenvalue weighted by Crippen LogP contribution is -2.52. The number of carbonyl (C=O) groups excluding carboxylic acids is 2. The van der Waals surface area contributed by atoms with Gasteiger partial charge in [-0.1, -0.05) is 12.1 Å². The highest BCUT2D eigenvalue weighted by Gasteiger charge is 2.39. The van der Waals surface area contributed by atoms with Crippen molar-refractivity contribution in [1.29, 1.82) is 0 Å². The highest BCUT2D eigenvalue weighted by atomic mass is 19.1. The molecule has 0 saturated carbocycles. The van der Waals surface area contributed by atoms with E-state index < -0.39 is 18.0 Å². The largest absolute Gasteiger partial charge is 0.357 e. The first-order valence-electron chi connectivity index (χ1n) is 5.89. The van der Waals surface area contributed by atoms with Gasteiger partial charge in [0.2, 0.25) is 5.91 Å². The Hall–Kier alpha value is -1.95. The molecule has 1 aromatic carbocycles. The Labute approximate surface area is 110 Å². The predicted octanol–water partition coefficient (Wildman–Crippen LogP) is 0.470. The Balaban J connectivity index is 2.39. The van der Waals surface area contributed by atoms with Crippen LogP contribution in [0.5, 0.6) is 0 Å². The quantitative estimate of drug-likeness (QED) is 0.846. The molecule has 0 aromatic heterocycles. The summed E-state index contributed by atoms with van der Waals surface area (Å²) in [5.41, 5.74) is 0.532. The van der Waals surface area contributed by atoms with Gasteiger partial charge in [0.1, 0.15) is 12.4 Å². The summed E-state index contributed by atoms with van der Waals surface area (Å²) in [6.45, 7) is -0.152. The fourth-order valence-corrected chi connectivity index (χ4v) is 2.16. The Morgan fingerprint density at radius 3 is 2.89 bits per heavy atom. The van der Waals surface area contributed by atoms with Crippen molar-refractivity contribution in [3.63, 3.8) is 0 Å². The molecule has 6 heteroatoms.